The first-order chi connectivity index (χ1) is 8.50. The lowest BCUT2D eigenvalue weighted by atomic mass is 10.4. The van der Waals surface area contributed by atoms with Crippen LogP contribution >= 0.6 is 11.3 Å². The Kier molecular flexibility index (Phi) is 5.66. The first kappa shape index (κ1) is 14.5. The molecule has 0 bridgehead atoms. The van der Waals surface area contributed by atoms with Gasteiger partial charge in [-0.05, 0) is 12.1 Å². The van der Waals surface area contributed by atoms with Gasteiger partial charge in [-0.2, -0.15) is 0 Å². The second-order valence-corrected chi connectivity index (χ2v) is 4.27. The van der Waals surface area contributed by atoms with Crippen LogP contribution in [0, 0.1) is 0 Å². The molecular weight excluding hydrogens is 268 g/mol. The van der Waals surface area contributed by atoms with Gasteiger partial charge in [-0.25, -0.2) is 13.6 Å². The summed E-state index contributed by atoms with van der Waals surface area (Å²) in [6.07, 6.45) is -2.53. The van der Waals surface area contributed by atoms with Crippen LogP contribution in [0.4, 0.5) is 8.78 Å². The van der Waals surface area contributed by atoms with Crippen molar-refractivity contribution < 1.29 is 28.2 Å². The van der Waals surface area contributed by atoms with E-state index in [1.54, 1.807) is 0 Å². The third-order valence-corrected chi connectivity index (χ3v) is 2.89. The topological polar surface area (TPSA) is 75.6 Å². The Labute approximate surface area is 105 Å². The molecule has 0 radical (unpaired) electrons. The smallest absolute Gasteiger partial charge is 0.345 e. The number of hydrogen-bond acceptors (Lipinski definition) is 4. The highest BCUT2D eigenvalue weighted by molar-refractivity contribution is 7.15. The normalized spacial score (nSPS) is 10.6. The monoisotopic (exact) mass is 279 g/mol. The number of carbonyl (C=O) groups is 2. The van der Waals surface area contributed by atoms with Gasteiger partial charge in [-0.1, -0.05) is 0 Å². The summed E-state index contributed by atoms with van der Waals surface area (Å²) in [6, 6.07) is 2.72. The number of carbonyl (C=O) groups excluding carboxylic acids is 1. The van der Waals surface area contributed by atoms with Crippen molar-refractivity contribution >= 4 is 23.2 Å². The molecule has 0 aliphatic rings. The predicted octanol–water partition coefficient (Wildman–Crippen LogP) is 1.46. The number of carboxylic acids is 1. The third kappa shape index (κ3) is 4.76. The first-order valence-corrected chi connectivity index (χ1v) is 5.79. The van der Waals surface area contributed by atoms with E-state index in [1.807, 2.05) is 0 Å². The molecule has 1 amide bonds. The zero-order chi connectivity index (χ0) is 13.5. The van der Waals surface area contributed by atoms with Crippen molar-refractivity contribution in [1.82, 2.24) is 5.32 Å². The Bertz CT molecular complexity index is 422. The van der Waals surface area contributed by atoms with Crippen LogP contribution in [0.25, 0.3) is 0 Å². The quantitative estimate of drug-likeness (QED) is 0.741. The molecule has 0 atom stereocenters. The molecule has 0 aliphatic heterocycles. The number of amides is 1. The second-order valence-electron chi connectivity index (χ2n) is 3.19. The number of carboxylic acid groups (broad SMARTS) is 1. The van der Waals surface area contributed by atoms with Crippen LogP contribution in [-0.2, 0) is 4.74 Å². The Morgan fingerprint density at radius 1 is 1.39 bits per heavy atom. The fourth-order valence-corrected chi connectivity index (χ4v) is 1.83. The maximum Gasteiger partial charge on any atom is 0.345 e. The fraction of sp³-hybridized carbons (Fsp3) is 0.400. The number of alkyl halides is 2. The molecule has 0 aliphatic carbocycles. The number of rotatable bonds is 7. The van der Waals surface area contributed by atoms with E-state index < -0.39 is 24.9 Å². The highest BCUT2D eigenvalue weighted by atomic mass is 32.1. The van der Waals surface area contributed by atoms with Crippen LogP contribution in [0.15, 0.2) is 12.1 Å². The molecule has 18 heavy (non-hydrogen) atoms. The van der Waals surface area contributed by atoms with Crippen LogP contribution in [0.1, 0.15) is 19.3 Å². The Morgan fingerprint density at radius 2 is 2.06 bits per heavy atom. The van der Waals surface area contributed by atoms with E-state index in [0.29, 0.717) is 0 Å². The Morgan fingerprint density at radius 3 is 2.61 bits per heavy atom. The van der Waals surface area contributed by atoms with Gasteiger partial charge in [0.05, 0.1) is 11.5 Å². The van der Waals surface area contributed by atoms with Crippen LogP contribution in [-0.4, -0.2) is 43.2 Å². The highest BCUT2D eigenvalue weighted by Crippen LogP contribution is 2.15. The summed E-state index contributed by atoms with van der Waals surface area (Å²) in [5, 5.41) is 11.1. The van der Waals surface area contributed by atoms with E-state index in [9.17, 15) is 18.4 Å². The molecule has 0 aromatic carbocycles. The van der Waals surface area contributed by atoms with Gasteiger partial charge in [-0.15, -0.1) is 11.3 Å². The van der Waals surface area contributed by atoms with Crippen molar-refractivity contribution in [3.05, 3.63) is 21.9 Å². The zero-order valence-corrected chi connectivity index (χ0v) is 10.0. The largest absolute Gasteiger partial charge is 0.477 e. The van der Waals surface area contributed by atoms with Gasteiger partial charge in [0.2, 0.25) is 0 Å². The molecule has 100 valence electrons. The second kappa shape index (κ2) is 7.02. The molecule has 2 N–H and O–H groups in total. The van der Waals surface area contributed by atoms with Crippen molar-refractivity contribution in [2.75, 3.05) is 19.8 Å². The minimum Gasteiger partial charge on any atom is -0.477 e. The maximum absolute atomic E-state index is 11.7. The van der Waals surface area contributed by atoms with Crippen molar-refractivity contribution in [3.8, 4) is 0 Å². The molecule has 0 saturated heterocycles. The van der Waals surface area contributed by atoms with Crippen LogP contribution < -0.4 is 5.32 Å². The van der Waals surface area contributed by atoms with Crippen LogP contribution in [0.5, 0.6) is 0 Å². The lowest BCUT2D eigenvalue weighted by molar-refractivity contribution is 0.0188. The van der Waals surface area contributed by atoms with Gasteiger partial charge in [0, 0.05) is 6.54 Å². The minimum atomic E-state index is -2.53. The van der Waals surface area contributed by atoms with Crippen LogP contribution in [0.2, 0.25) is 0 Å². The van der Waals surface area contributed by atoms with Crippen LogP contribution in [0.3, 0.4) is 0 Å². The molecule has 5 nitrogen and oxygen atoms in total. The summed E-state index contributed by atoms with van der Waals surface area (Å²) in [5.74, 6) is -1.55. The molecule has 1 aromatic rings. The average molecular weight is 279 g/mol. The molecule has 8 heteroatoms. The molecule has 0 saturated carbocycles. The van der Waals surface area contributed by atoms with Crippen molar-refractivity contribution in [1.29, 1.82) is 0 Å². The number of hydrogen-bond donors (Lipinski definition) is 2. The lowest BCUT2D eigenvalue weighted by Crippen LogP contribution is -2.27. The fourth-order valence-electron chi connectivity index (χ4n) is 1.07. The van der Waals surface area contributed by atoms with E-state index in [2.05, 4.69) is 10.1 Å². The number of ether oxygens (including phenoxy) is 1. The van der Waals surface area contributed by atoms with Gasteiger partial charge in [0.1, 0.15) is 11.5 Å². The molecule has 0 unspecified atom stereocenters. The lowest BCUT2D eigenvalue weighted by Gasteiger charge is -2.04. The first-order valence-electron chi connectivity index (χ1n) is 4.98. The van der Waals surface area contributed by atoms with Gasteiger partial charge in [0.15, 0.2) is 0 Å². The van der Waals surface area contributed by atoms with E-state index in [-0.39, 0.29) is 22.9 Å². The van der Waals surface area contributed by atoms with Crippen molar-refractivity contribution in [2.24, 2.45) is 0 Å². The Hall–Kier alpha value is -1.54. The summed E-state index contributed by atoms with van der Waals surface area (Å²) in [7, 11) is 0. The molecule has 1 aromatic heterocycles. The standard InChI is InChI=1S/C10H11F2NO4S/c11-8(12)5-17-4-3-13-9(14)6-1-2-7(18-6)10(15)16/h1-2,8H,3-5H2,(H,13,14)(H,15,16). The summed E-state index contributed by atoms with van der Waals surface area (Å²) in [4.78, 5) is 22.4. The molecule has 1 rings (SSSR count). The van der Waals surface area contributed by atoms with Crippen molar-refractivity contribution in [2.45, 2.75) is 6.43 Å². The van der Waals surface area contributed by atoms with Gasteiger partial charge in [-0.3, -0.25) is 4.79 Å². The molecule has 1 heterocycles. The van der Waals surface area contributed by atoms with Crippen molar-refractivity contribution in [3.63, 3.8) is 0 Å². The molecular formula is C10H11F2NO4S. The number of thiophene rings is 1. The van der Waals surface area contributed by atoms with Gasteiger partial charge >= 0.3 is 5.97 Å². The zero-order valence-electron chi connectivity index (χ0n) is 9.19. The molecule has 0 fully saturated rings. The summed E-state index contributed by atoms with van der Waals surface area (Å²) in [5.41, 5.74) is 0. The Balaban J connectivity index is 2.30. The highest BCUT2D eigenvalue weighted by Gasteiger charge is 2.12. The number of aromatic carboxylic acids is 1. The maximum atomic E-state index is 11.7. The number of nitrogens with one attached hydrogen (secondary N) is 1. The van der Waals surface area contributed by atoms with E-state index in [4.69, 9.17) is 5.11 Å². The summed E-state index contributed by atoms with van der Waals surface area (Å²) >= 11 is 0.845. The minimum absolute atomic E-state index is 0.0206. The third-order valence-electron chi connectivity index (χ3n) is 1.82. The van der Waals surface area contributed by atoms with Gasteiger partial charge < -0.3 is 15.2 Å². The van der Waals surface area contributed by atoms with E-state index in [0.717, 1.165) is 11.3 Å². The molecule has 0 spiro atoms. The predicted molar refractivity (Wildman–Crippen MR) is 60.4 cm³/mol. The SMILES string of the molecule is O=C(O)c1ccc(C(=O)NCCOCC(F)F)s1. The van der Waals surface area contributed by atoms with E-state index >= 15 is 0 Å². The van der Waals surface area contributed by atoms with Gasteiger partial charge in [0.25, 0.3) is 12.3 Å². The average Bonchev–Trinajstić information content (AvgIpc) is 2.77. The summed E-state index contributed by atoms with van der Waals surface area (Å²) in [6.45, 7) is -0.600. The number of halogens is 2. The summed E-state index contributed by atoms with van der Waals surface area (Å²) < 4.78 is 28.0. The van der Waals surface area contributed by atoms with E-state index in [1.165, 1.54) is 12.1 Å².